The number of aromatic nitrogens is 2. The summed E-state index contributed by atoms with van der Waals surface area (Å²) in [5.74, 6) is 0. The lowest BCUT2D eigenvalue weighted by Gasteiger charge is -2.34. The largest absolute Gasteiger partial charge is 0.456 e. The molecule has 0 spiro atoms. The third-order valence-corrected chi connectivity index (χ3v) is 16.0. The number of furan rings is 1. The number of benzene rings is 11. The average Bonchev–Trinajstić information content (AvgIpc) is 1.54. The molecule has 11 aromatic carbocycles. The SMILES string of the molecule is [2H]c1c([2H])c([2H])c([Si](c2c([2H])c([2H])c([2H])c([2H])c2[2H])(c2c([2H])c([2H])c([2H])c([2H])c2[2H])c2c([2H])c([2H])c([2H])c(-n3c4c([2H])c([2H])c([2H])c([2H])c4c4c([2H])c(-c5c([2H])c([2H])c([2H])c([2H])c5-c5c([2H])c([2H])c6c(c5[2H])c5c([2H])c([2H])c([2H])c([2H])c5n6-c5cccc6oc7ccccc7c56)c([2H])c([2H])c43)c2[2H])c([2H])c1[2H]. The number of para-hydroxylation sites is 3. The van der Waals surface area contributed by atoms with Gasteiger partial charge >= 0.3 is 0 Å². The summed E-state index contributed by atoms with van der Waals surface area (Å²) in [5, 5.41) is -6.98. The Morgan fingerprint density at radius 1 is 0.343 bits per heavy atom. The van der Waals surface area contributed by atoms with E-state index in [9.17, 15) is 30.2 Å². The monoisotopic (exact) mass is 946 g/mol. The van der Waals surface area contributed by atoms with Crippen molar-refractivity contribution in [3.8, 4) is 33.6 Å². The molecule has 14 aromatic rings. The maximum absolute atomic E-state index is 10.6. The molecule has 4 heteroatoms. The Hall–Kier alpha value is -8.96. The van der Waals surface area contributed by atoms with Crippen LogP contribution in [0.2, 0.25) is 0 Å². The van der Waals surface area contributed by atoms with Crippen LogP contribution in [0, 0.1) is 0 Å². The molecular formula is C66H44N2OSi. The number of rotatable bonds is 8. The Morgan fingerprint density at radius 3 is 1.44 bits per heavy atom. The van der Waals surface area contributed by atoms with Crippen molar-refractivity contribution in [3.63, 3.8) is 0 Å². The lowest BCUT2D eigenvalue weighted by atomic mass is 9.93. The quantitative estimate of drug-likeness (QED) is 0.110. The number of fused-ring (bicyclic) bond motifs is 9. The zero-order valence-electron chi connectivity index (χ0n) is 72.3. The van der Waals surface area contributed by atoms with Gasteiger partial charge in [0.15, 0.2) is 8.07 Å². The molecule has 0 aliphatic rings. The highest BCUT2D eigenvalue weighted by atomic mass is 28.3. The summed E-state index contributed by atoms with van der Waals surface area (Å²) in [6.07, 6.45) is 0. The zero-order chi connectivity index (χ0) is 78.4. The molecule has 0 radical (unpaired) electrons. The Morgan fingerprint density at radius 2 is 0.829 bits per heavy atom. The van der Waals surface area contributed by atoms with E-state index >= 15 is 0 Å². The van der Waals surface area contributed by atoms with E-state index in [-0.39, 0.29) is 22.3 Å². The molecule has 0 saturated heterocycles. The Kier molecular flexibility index (Phi) is 4.10. The summed E-state index contributed by atoms with van der Waals surface area (Å²) < 4.78 is 359. The van der Waals surface area contributed by atoms with Gasteiger partial charge in [0.25, 0.3) is 0 Å². The van der Waals surface area contributed by atoms with Crippen LogP contribution in [0.25, 0.3) is 99.2 Å². The lowest BCUT2D eigenvalue weighted by molar-refractivity contribution is 0.669. The van der Waals surface area contributed by atoms with Crippen LogP contribution >= 0.6 is 0 Å². The van der Waals surface area contributed by atoms with E-state index in [0.29, 0.717) is 20.9 Å². The van der Waals surface area contributed by atoms with Crippen molar-refractivity contribution < 1.29 is 55.1 Å². The number of nitrogens with zero attached hydrogens (tertiary/aromatic N) is 2. The van der Waals surface area contributed by atoms with Crippen molar-refractivity contribution >= 4 is 94.4 Å². The molecule has 3 aromatic heterocycles. The molecule has 0 fully saturated rings. The average molecular weight is 946 g/mol. The maximum Gasteiger partial charge on any atom is 0.179 e. The minimum absolute atomic E-state index is 0.130. The molecule has 0 aliphatic heterocycles. The summed E-state index contributed by atoms with van der Waals surface area (Å²) in [6.45, 7) is 0. The standard InChI is InChI=1S/C66H44N2OSi/c1-4-21-48(22-5-1)70(49-23-6-2-7-24-49,50-25-8-3-9-26-50)51-27-18-20-47(44-51)67-59-33-15-12-30-54(59)57-42-45(38-40-61(57)67)52-28-10-11-29-53(52)46-39-41-62-58(43-46)55-31-13-16-34-60(55)68(62)63-35-19-37-65-66(63)56-32-14-17-36-64(56)69-65/h1-44H/i1D,2D,3D,4D,5D,6D,7D,8D,9D,10D,11D,12D,13D,15D,16D,18D,20D,21D,22D,23D,24D,25D,26D,27D,28D,29D,30D,31D,33D,34D,38D,39D,40D,41D,42D,43D,44D. The van der Waals surface area contributed by atoms with Crippen LogP contribution in [0.15, 0.2) is 270 Å². The van der Waals surface area contributed by atoms with Gasteiger partial charge in [0.2, 0.25) is 0 Å². The zero-order valence-corrected chi connectivity index (χ0v) is 36.3. The molecule has 0 atom stereocenters. The molecule has 0 aliphatic carbocycles. The normalized spacial score (nSPS) is 19.4. The second-order valence-corrected chi connectivity index (χ2v) is 19.0. The second-order valence-electron chi connectivity index (χ2n) is 15.5. The van der Waals surface area contributed by atoms with Gasteiger partial charge in [0, 0.05) is 32.6 Å². The van der Waals surface area contributed by atoms with Gasteiger partial charge in [-0.3, -0.25) is 0 Å². The lowest BCUT2D eigenvalue weighted by Crippen LogP contribution is -2.74. The number of hydrogen-bond acceptors (Lipinski definition) is 1. The van der Waals surface area contributed by atoms with E-state index in [1.807, 2.05) is 0 Å². The third kappa shape index (κ3) is 6.07. The van der Waals surface area contributed by atoms with Crippen LogP contribution in [-0.2, 0) is 0 Å². The first kappa shape index (κ1) is 17.8. The maximum atomic E-state index is 10.6. The number of hydrogen-bond donors (Lipinski definition) is 0. The molecule has 14 rings (SSSR count). The van der Waals surface area contributed by atoms with Crippen LogP contribution in [0.3, 0.4) is 0 Å². The highest BCUT2D eigenvalue weighted by Gasteiger charge is 2.41. The van der Waals surface area contributed by atoms with Crippen molar-refractivity contribution in [1.82, 2.24) is 9.13 Å². The molecule has 0 unspecified atom stereocenters. The van der Waals surface area contributed by atoms with Crippen molar-refractivity contribution in [2.24, 2.45) is 0 Å². The fraction of sp³-hybridized carbons (Fsp3) is 0. The molecule has 0 bridgehead atoms. The van der Waals surface area contributed by atoms with Crippen LogP contribution in [0.5, 0.6) is 0 Å². The first-order valence-electron chi connectivity index (χ1n) is 39.6. The van der Waals surface area contributed by atoms with Crippen molar-refractivity contribution in [2.75, 3.05) is 0 Å². The Bertz CT molecular complexity index is 6300. The first-order chi connectivity index (χ1) is 50.1. The Labute approximate surface area is 458 Å². The topological polar surface area (TPSA) is 23.0 Å². The summed E-state index contributed by atoms with van der Waals surface area (Å²) in [5.41, 5.74) is -7.08. The van der Waals surface area contributed by atoms with E-state index < -0.39 is 313 Å². The van der Waals surface area contributed by atoms with Crippen molar-refractivity contribution in [1.29, 1.82) is 0 Å². The highest BCUT2D eigenvalue weighted by Crippen LogP contribution is 2.42. The molecule has 70 heavy (non-hydrogen) atoms. The van der Waals surface area contributed by atoms with Gasteiger partial charge in [-0.15, -0.1) is 0 Å². The minimum Gasteiger partial charge on any atom is -0.456 e. The van der Waals surface area contributed by atoms with E-state index in [4.69, 9.17) is 25.0 Å². The molecule has 0 saturated carbocycles. The summed E-state index contributed by atoms with van der Waals surface area (Å²) in [6, 6.07) is -32.5. The van der Waals surface area contributed by atoms with Crippen LogP contribution in [-0.4, -0.2) is 17.2 Å². The minimum atomic E-state index is -6.65. The van der Waals surface area contributed by atoms with Gasteiger partial charge in [-0.1, -0.05) is 199 Å². The van der Waals surface area contributed by atoms with E-state index in [0.717, 1.165) is 0 Å². The van der Waals surface area contributed by atoms with Crippen molar-refractivity contribution in [2.45, 2.75) is 0 Å². The van der Waals surface area contributed by atoms with Gasteiger partial charge in [-0.2, -0.15) is 0 Å². The van der Waals surface area contributed by atoms with Gasteiger partial charge in [0.1, 0.15) is 11.2 Å². The molecular weight excluding hydrogens is 865 g/mol. The Balaban J connectivity index is 1.18. The molecule has 3 heterocycles. The second kappa shape index (κ2) is 16.1. The molecule has 0 amide bonds. The van der Waals surface area contributed by atoms with E-state index in [1.165, 1.54) is 10.6 Å². The highest BCUT2D eigenvalue weighted by molar-refractivity contribution is 7.19. The molecule has 328 valence electrons. The summed E-state index contributed by atoms with van der Waals surface area (Å²) in [7, 11) is -6.65. The van der Waals surface area contributed by atoms with Crippen LogP contribution in [0.4, 0.5) is 0 Å². The third-order valence-electron chi connectivity index (χ3n) is 12.0. The van der Waals surface area contributed by atoms with E-state index in [2.05, 4.69) is 0 Å². The fourth-order valence-corrected chi connectivity index (χ4v) is 12.6. The predicted octanol–water partition coefficient (Wildman–Crippen LogP) is 14.5. The van der Waals surface area contributed by atoms with Crippen molar-refractivity contribution in [3.05, 3.63) is 266 Å². The molecule has 0 N–H and O–H groups in total. The smallest absolute Gasteiger partial charge is 0.179 e. The first-order valence-corrected chi connectivity index (χ1v) is 23.1. The summed E-state index contributed by atoms with van der Waals surface area (Å²) >= 11 is 0. The van der Waals surface area contributed by atoms with Gasteiger partial charge in [-0.05, 0) is 110 Å². The van der Waals surface area contributed by atoms with Crippen LogP contribution in [0.1, 0.15) is 50.7 Å². The van der Waals surface area contributed by atoms with Gasteiger partial charge in [-0.25, -0.2) is 0 Å². The van der Waals surface area contributed by atoms with Gasteiger partial charge in [0.05, 0.1) is 83.9 Å². The van der Waals surface area contributed by atoms with E-state index in [1.54, 1.807) is 36.4 Å². The molecule has 3 nitrogen and oxygen atoms in total. The van der Waals surface area contributed by atoms with Crippen LogP contribution < -0.4 is 20.7 Å². The fourth-order valence-electron chi connectivity index (χ4n) is 9.07. The summed E-state index contributed by atoms with van der Waals surface area (Å²) in [4.78, 5) is 0. The van der Waals surface area contributed by atoms with Gasteiger partial charge < -0.3 is 13.6 Å². The predicted molar refractivity (Wildman–Crippen MR) is 297 cm³/mol.